The first-order chi connectivity index (χ1) is 11.7. The summed E-state index contributed by atoms with van der Waals surface area (Å²) in [7, 11) is 0. The van der Waals surface area contributed by atoms with E-state index in [0.29, 0.717) is 11.5 Å². The summed E-state index contributed by atoms with van der Waals surface area (Å²) in [6.45, 7) is 2.11. The van der Waals surface area contributed by atoms with Gasteiger partial charge in [-0.1, -0.05) is 24.2 Å². The third kappa shape index (κ3) is 4.20. The van der Waals surface area contributed by atoms with Crippen molar-refractivity contribution in [3.63, 3.8) is 0 Å². The van der Waals surface area contributed by atoms with E-state index in [4.69, 9.17) is 4.42 Å². The zero-order valence-corrected chi connectivity index (χ0v) is 13.9. The van der Waals surface area contributed by atoms with Gasteiger partial charge in [0.05, 0.1) is 12.0 Å². The molecule has 2 heterocycles. The van der Waals surface area contributed by atoms with Gasteiger partial charge in [-0.05, 0) is 35.6 Å². The molecule has 1 aromatic carbocycles. The van der Waals surface area contributed by atoms with Gasteiger partial charge in [0.15, 0.2) is 0 Å². The Hall–Kier alpha value is -2.67. The predicted molar refractivity (Wildman–Crippen MR) is 92.7 cm³/mol. The first kappa shape index (κ1) is 16.2. The number of pyridine rings is 1. The maximum absolute atomic E-state index is 12.1. The first-order valence-corrected chi connectivity index (χ1v) is 8.48. The molecule has 2 aromatic heterocycles. The Bertz CT molecular complexity index is 803. The summed E-state index contributed by atoms with van der Waals surface area (Å²) in [6.07, 6.45) is 3.53. The lowest BCUT2D eigenvalue weighted by Gasteiger charge is -2.03. The molecule has 1 N–H and O–H groups in total. The quantitative estimate of drug-likeness (QED) is 0.693. The number of rotatable bonds is 6. The highest BCUT2D eigenvalue weighted by Crippen LogP contribution is 2.19. The van der Waals surface area contributed by atoms with Crippen molar-refractivity contribution in [2.75, 3.05) is 11.1 Å². The molecule has 0 aliphatic carbocycles. The third-order valence-electron chi connectivity index (χ3n) is 3.18. The number of hydrogen-bond donors (Lipinski definition) is 1. The summed E-state index contributed by atoms with van der Waals surface area (Å²) in [6, 6.07) is 11.6. The van der Waals surface area contributed by atoms with Crippen LogP contribution < -0.4 is 5.32 Å². The van der Waals surface area contributed by atoms with Crippen molar-refractivity contribution in [2.45, 2.75) is 18.2 Å². The Balaban J connectivity index is 1.60. The average Bonchev–Trinajstić information content (AvgIpc) is 3.06. The van der Waals surface area contributed by atoms with Crippen molar-refractivity contribution in [3.8, 4) is 11.5 Å². The van der Waals surface area contributed by atoms with Gasteiger partial charge >= 0.3 is 6.01 Å². The van der Waals surface area contributed by atoms with Crippen molar-refractivity contribution in [1.82, 2.24) is 15.2 Å². The molecule has 0 fully saturated rings. The van der Waals surface area contributed by atoms with E-state index in [2.05, 4.69) is 27.4 Å². The lowest BCUT2D eigenvalue weighted by molar-refractivity contribution is -0.115. The number of thioether (sulfide) groups is 1. The van der Waals surface area contributed by atoms with Crippen LogP contribution in [0.2, 0.25) is 0 Å². The van der Waals surface area contributed by atoms with Gasteiger partial charge in [0.2, 0.25) is 5.91 Å². The highest BCUT2D eigenvalue weighted by Gasteiger charge is 2.11. The summed E-state index contributed by atoms with van der Waals surface area (Å²) in [5.41, 5.74) is 1.63. The van der Waals surface area contributed by atoms with Crippen LogP contribution in [0.4, 0.5) is 6.01 Å². The molecule has 0 aliphatic heterocycles. The predicted octanol–water partition coefficient (Wildman–Crippen LogP) is 3.42. The fourth-order valence-corrected chi connectivity index (χ4v) is 2.76. The number of nitrogens with one attached hydrogen (secondary N) is 1. The number of carbonyl (C=O) groups excluding carboxylic acids is 1. The van der Waals surface area contributed by atoms with E-state index in [9.17, 15) is 4.79 Å². The van der Waals surface area contributed by atoms with Crippen LogP contribution in [-0.2, 0) is 11.2 Å². The van der Waals surface area contributed by atoms with Crippen molar-refractivity contribution in [3.05, 3.63) is 54.4 Å². The summed E-state index contributed by atoms with van der Waals surface area (Å²) >= 11 is 1.77. The van der Waals surface area contributed by atoms with Crippen LogP contribution in [0.15, 0.2) is 58.1 Å². The summed E-state index contributed by atoms with van der Waals surface area (Å²) < 4.78 is 5.43. The topological polar surface area (TPSA) is 80.9 Å². The lowest BCUT2D eigenvalue weighted by Crippen LogP contribution is -2.14. The smallest absolute Gasteiger partial charge is 0.322 e. The van der Waals surface area contributed by atoms with Gasteiger partial charge in [-0.3, -0.25) is 15.1 Å². The molecule has 0 unspecified atom stereocenters. The second-order valence-corrected chi connectivity index (χ2v) is 6.29. The van der Waals surface area contributed by atoms with Crippen molar-refractivity contribution >= 4 is 23.7 Å². The Labute approximate surface area is 143 Å². The number of benzene rings is 1. The number of aromatic nitrogens is 3. The van der Waals surface area contributed by atoms with Crippen molar-refractivity contribution in [1.29, 1.82) is 0 Å². The number of anilines is 1. The van der Waals surface area contributed by atoms with Gasteiger partial charge in [-0.25, -0.2) is 0 Å². The molecule has 0 atom stereocenters. The molecule has 0 saturated heterocycles. The largest absolute Gasteiger partial charge is 0.403 e. The summed E-state index contributed by atoms with van der Waals surface area (Å²) in [5, 5.41) is 10.4. The second kappa shape index (κ2) is 7.74. The van der Waals surface area contributed by atoms with Gasteiger partial charge in [0.25, 0.3) is 5.89 Å². The maximum Gasteiger partial charge on any atom is 0.322 e. The zero-order valence-electron chi connectivity index (χ0n) is 13.1. The minimum atomic E-state index is -0.202. The Morgan fingerprint density at radius 3 is 2.75 bits per heavy atom. The molecule has 1 amide bonds. The first-order valence-electron chi connectivity index (χ1n) is 7.50. The molecule has 122 valence electrons. The minimum Gasteiger partial charge on any atom is -0.403 e. The molecular formula is C17H16N4O2S. The van der Waals surface area contributed by atoms with E-state index in [-0.39, 0.29) is 18.3 Å². The normalized spacial score (nSPS) is 10.5. The SMILES string of the molecule is CCSc1ccc(CC(=O)Nc2nnc(-c3cccnc3)o2)cc1. The highest BCUT2D eigenvalue weighted by atomic mass is 32.2. The number of hydrogen-bond acceptors (Lipinski definition) is 6. The van der Waals surface area contributed by atoms with E-state index in [1.54, 1.807) is 30.2 Å². The van der Waals surface area contributed by atoms with Crippen LogP contribution in [0.3, 0.4) is 0 Å². The Kier molecular flexibility index (Phi) is 5.22. The van der Waals surface area contributed by atoms with Crippen LogP contribution in [-0.4, -0.2) is 26.8 Å². The molecule has 24 heavy (non-hydrogen) atoms. The molecule has 7 heteroatoms. The van der Waals surface area contributed by atoms with Crippen LogP contribution >= 0.6 is 11.8 Å². The molecule has 0 spiro atoms. The van der Waals surface area contributed by atoms with Crippen LogP contribution in [0.5, 0.6) is 0 Å². The van der Waals surface area contributed by atoms with Crippen LogP contribution in [0.25, 0.3) is 11.5 Å². The van der Waals surface area contributed by atoms with Gasteiger partial charge < -0.3 is 4.42 Å². The van der Waals surface area contributed by atoms with Crippen molar-refractivity contribution < 1.29 is 9.21 Å². The van der Waals surface area contributed by atoms with E-state index >= 15 is 0 Å². The highest BCUT2D eigenvalue weighted by molar-refractivity contribution is 7.99. The fraction of sp³-hybridized carbons (Fsp3) is 0.176. The van der Waals surface area contributed by atoms with Gasteiger partial charge in [0, 0.05) is 17.3 Å². The number of nitrogens with zero attached hydrogens (tertiary/aromatic N) is 3. The van der Waals surface area contributed by atoms with Crippen molar-refractivity contribution in [2.24, 2.45) is 0 Å². The fourth-order valence-electron chi connectivity index (χ4n) is 2.10. The molecule has 3 rings (SSSR count). The summed E-state index contributed by atoms with van der Waals surface area (Å²) in [5.74, 6) is 1.14. The van der Waals surface area contributed by atoms with E-state index in [1.165, 1.54) is 4.90 Å². The Morgan fingerprint density at radius 1 is 1.21 bits per heavy atom. The van der Waals surface area contributed by atoms with Gasteiger partial charge in [-0.2, -0.15) is 0 Å². The molecule has 6 nitrogen and oxygen atoms in total. The molecular weight excluding hydrogens is 324 g/mol. The van der Waals surface area contributed by atoms with Crippen LogP contribution in [0, 0.1) is 0 Å². The van der Waals surface area contributed by atoms with Crippen LogP contribution in [0.1, 0.15) is 12.5 Å². The minimum absolute atomic E-state index is 0.0806. The summed E-state index contributed by atoms with van der Waals surface area (Å²) in [4.78, 5) is 17.3. The van der Waals surface area contributed by atoms with E-state index < -0.39 is 0 Å². The molecule has 0 radical (unpaired) electrons. The lowest BCUT2D eigenvalue weighted by atomic mass is 10.1. The number of amides is 1. The Morgan fingerprint density at radius 2 is 2.04 bits per heavy atom. The molecule has 0 saturated carbocycles. The maximum atomic E-state index is 12.1. The number of carbonyl (C=O) groups is 1. The average molecular weight is 340 g/mol. The van der Waals surface area contributed by atoms with E-state index in [0.717, 1.165) is 11.3 Å². The standard InChI is InChI=1S/C17H16N4O2S/c1-2-24-14-7-5-12(6-8-14)10-15(22)19-17-21-20-16(23-17)13-4-3-9-18-11-13/h3-9,11H,2,10H2,1H3,(H,19,21,22). The zero-order chi connectivity index (χ0) is 16.8. The third-order valence-corrected chi connectivity index (χ3v) is 4.07. The molecule has 0 aliphatic rings. The van der Waals surface area contributed by atoms with Gasteiger partial charge in [0.1, 0.15) is 0 Å². The molecule has 3 aromatic rings. The van der Waals surface area contributed by atoms with E-state index in [1.807, 2.05) is 30.3 Å². The van der Waals surface area contributed by atoms with Gasteiger partial charge in [-0.15, -0.1) is 16.9 Å². The monoisotopic (exact) mass is 340 g/mol. The molecule has 0 bridgehead atoms. The second-order valence-electron chi connectivity index (χ2n) is 4.96.